The first-order valence-corrected chi connectivity index (χ1v) is 10.0. The lowest BCUT2D eigenvalue weighted by atomic mass is 10.1. The maximum Gasteiger partial charge on any atom is 0.176 e. The van der Waals surface area contributed by atoms with Crippen molar-refractivity contribution in [1.82, 2.24) is 10.2 Å². The van der Waals surface area contributed by atoms with E-state index in [1.165, 1.54) is 0 Å². The van der Waals surface area contributed by atoms with E-state index in [1.807, 2.05) is 55.5 Å². The highest BCUT2D eigenvalue weighted by Crippen LogP contribution is 2.41. The third-order valence-corrected chi connectivity index (χ3v) is 4.94. The molecular formula is C25H24N2O5. The lowest BCUT2D eigenvalue weighted by Crippen LogP contribution is -1.96. The molecule has 0 bridgehead atoms. The highest BCUT2D eigenvalue weighted by molar-refractivity contribution is 5.74. The van der Waals surface area contributed by atoms with Gasteiger partial charge in [-0.15, -0.1) is 0 Å². The summed E-state index contributed by atoms with van der Waals surface area (Å²) in [6.45, 7) is 2.20. The molecule has 0 amide bonds. The number of aromatic amines is 1. The van der Waals surface area contributed by atoms with E-state index in [4.69, 9.17) is 18.9 Å². The molecule has 1 heterocycles. The molecule has 7 heteroatoms. The van der Waals surface area contributed by atoms with Gasteiger partial charge in [-0.2, -0.15) is 5.10 Å². The van der Waals surface area contributed by atoms with Crippen molar-refractivity contribution in [2.45, 2.75) is 13.5 Å². The Labute approximate surface area is 186 Å². The van der Waals surface area contributed by atoms with Crippen molar-refractivity contribution in [3.05, 3.63) is 78.0 Å². The summed E-state index contributed by atoms with van der Waals surface area (Å²) in [5.74, 6) is 3.00. The number of H-pyrrole nitrogens is 1. The fourth-order valence-electron chi connectivity index (χ4n) is 3.27. The van der Waals surface area contributed by atoms with E-state index in [0.717, 1.165) is 17.0 Å². The smallest absolute Gasteiger partial charge is 0.176 e. The summed E-state index contributed by atoms with van der Waals surface area (Å²) in [5.41, 5.74) is 2.70. The standard InChI is InChI=1S/C25H24N2O5/c1-16-25(32-23-10-5-4-9-22(23)30-3)24(27-26-16)20-12-11-19(14-21(20)28)31-15-17-7-6-8-18(13-17)29-2/h4-14,28H,15H2,1-3H3,(H,26,27). The summed E-state index contributed by atoms with van der Waals surface area (Å²) >= 11 is 0. The monoisotopic (exact) mass is 432 g/mol. The summed E-state index contributed by atoms with van der Waals surface area (Å²) in [4.78, 5) is 0. The quantitative estimate of drug-likeness (QED) is 0.384. The molecule has 32 heavy (non-hydrogen) atoms. The Morgan fingerprint density at radius 2 is 1.69 bits per heavy atom. The van der Waals surface area contributed by atoms with Crippen molar-refractivity contribution >= 4 is 0 Å². The highest BCUT2D eigenvalue weighted by atomic mass is 16.5. The average Bonchev–Trinajstić information content (AvgIpc) is 3.18. The molecule has 1 aromatic heterocycles. The lowest BCUT2D eigenvalue weighted by molar-refractivity contribution is 0.303. The van der Waals surface area contributed by atoms with Crippen LogP contribution in [0.4, 0.5) is 0 Å². The number of phenols is 1. The number of nitrogens with zero attached hydrogens (tertiary/aromatic N) is 1. The number of phenolic OH excluding ortho intramolecular Hbond substituents is 1. The maximum atomic E-state index is 10.7. The Bertz CT molecular complexity index is 1220. The molecule has 3 aromatic carbocycles. The third kappa shape index (κ3) is 4.46. The van der Waals surface area contributed by atoms with Crippen molar-refractivity contribution in [3.8, 4) is 45.8 Å². The lowest BCUT2D eigenvalue weighted by Gasteiger charge is -2.12. The Morgan fingerprint density at radius 1 is 0.875 bits per heavy atom. The van der Waals surface area contributed by atoms with Crippen LogP contribution in [0.3, 0.4) is 0 Å². The van der Waals surface area contributed by atoms with Crippen LogP contribution in [0.5, 0.6) is 34.5 Å². The van der Waals surface area contributed by atoms with Crippen LogP contribution in [0.2, 0.25) is 0 Å². The van der Waals surface area contributed by atoms with Gasteiger partial charge in [-0.1, -0.05) is 24.3 Å². The molecule has 0 spiro atoms. The molecule has 0 atom stereocenters. The Balaban J connectivity index is 1.56. The molecule has 0 aliphatic heterocycles. The van der Waals surface area contributed by atoms with Crippen LogP contribution in [0.1, 0.15) is 11.3 Å². The van der Waals surface area contributed by atoms with Crippen molar-refractivity contribution in [3.63, 3.8) is 0 Å². The van der Waals surface area contributed by atoms with Gasteiger partial charge in [0.2, 0.25) is 0 Å². The average molecular weight is 432 g/mol. The number of para-hydroxylation sites is 2. The van der Waals surface area contributed by atoms with Crippen LogP contribution in [0.25, 0.3) is 11.3 Å². The van der Waals surface area contributed by atoms with Crippen LogP contribution in [0, 0.1) is 6.92 Å². The van der Waals surface area contributed by atoms with E-state index < -0.39 is 0 Å². The van der Waals surface area contributed by atoms with Crippen molar-refractivity contribution in [1.29, 1.82) is 0 Å². The number of hydrogen-bond acceptors (Lipinski definition) is 6. The second-order valence-corrected chi connectivity index (χ2v) is 7.10. The van der Waals surface area contributed by atoms with Gasteiger partial charge in [-0.05, 0) is 48.9 Å². The minimum absolute atomic E-state index is 0.0320. The van der Waals surface area contributed by atoms with Gasteiger partial charge < -0.3 is 24.1 Å². The summed E-state index contributed by atoms with van der Waals surface area (Å²) in [6, 6.07) is 20.1. The van der Waals surface area contributed by atoms with E-state index in [1.54, 1.807) is 32.4 Å². The summed E-state index contributed by atoms with van der Waals surface area (Å²) in [5, 5.41) is 17.9. The molecule has 2 N–H and O–H groups in total. The Hall–Kier alpha value is -4.13. The number of hydrogen-bond donors (Lipinski definition) is 2. The maximum absolute atomic E-state index is 10.7. The minimum atomic E-state index is 0.0320. The van der Waals surface area contributed by atoms with Crippen LogP contribution >= 0.6 is 0 Å². The van der Waals surface area contributed by atoms with Gasteiger partial charge in [0.15, 0.2) is 17.2 Å². The molecule has 0 radical (unpaired) electrons. The van der Waals surface area contributed by atoms with Gasteiger partial charge in [-0.25, -0.2) is 0 Å². The van der Waals surface area contributed by atoms with E-state index in [9.17, 15) is 5.11 Å². The molecule has 7 nitrogen and oxygen atoms in total. The topological polar surface area (TPSA) is 85.8 Å². The van der Waals surface area contributed by atoms with Gasteiger partial charge in [-0.3, -0.25) is 5.10 Å². The number of aromatic hydroxyl groups is 1. The molecular weight excluding hydrogens is 408 g/mol. The number of aryl methyl sites for hydroxylation is 1. The predicted molar refractivity (Wildman–Crippen MR) is 121 cm³/mol. The van der Waals surface area contributed by atoms with E-state index in [-0.39, 0.29) is 5.75 Å². The van der Waals surface area contributed by atoms with E-state index in [2.05, 4.69) is 10.2 Å². The molecule has 0 aliphatic carbocycles. The fourth-order valence-corrected chi connectivity index (χ4v) is 3.27. The SMILES string of the molecule is COc1cccc(COc2ccc(-c3n[nH]c(C)c3Oc3ccccc3OC)c(O)c2)c1. The van der Waals surface area contributed by atoms with Gasteiger partial charge in [0.25, 0.3) is 0 Å². The van der Waals surface area contributed by atoms with Gasteiger partial charge >= 0.3 is 0 Å². The predicted octanol–water partition coefficient (Wildman–Crippen LogP) is 5.48. The number of ether oxygens (including phenoxy) is 4. The molecule has 4 rings (SSSR count). The molecule has 0 saturated heterocycles. The van der Waals surface area contributed by atoms with Crippen molar-refractivity contribution in [2.24, 2.45) is 0 Å². The van der Waals surface area contributed by atoms with E-state index in [0.29, 0.717) is 40.9 Å². The summed E-state index contributed by atoms with van der Waals surface area (Å²) in [6.07, 6.45) is 0. The zero-order valence-electron chi connectivity index (χ0n) is 18.1. The largest absolute Gasteiger partial charge is 0.507 e. The second kappa shape index (κ2) is 9.34. The molecule has 164 valence electrons. The van der Waals surface area contributed by atoms with Gasteiger partial charge in [0.05, 0.1) is 19.9 Å². The van der Waals surface area contributed by atoms with Crippen molar-refractivity contribution in [2.75, 3.05) is 14.2 Å². The van der Waals surface area contributed by atoms with Gasteiger partial charge in [0, 0.05) is 11.6 Å². The zero-order chi connectivity index (χ0) is 22.5. The third-order valence-electron chi connectivity index (χ3n) is 4.94. The summed E-state index contributed by atoms with van der Waals surface area (Å²) in [7, 11) is 3.21. The van der Waals surface area contributed by atoms with Crippen LogP contribution in [-0.2, 0) is 6.61 Å². The van der Waals surface area contributed by atoms with Crippen LogP contribution in [-0.4, -0.2) is 29.5 Å². The number of benzene rings is 3. The first-order chi connectivity index (χ1) is 15.6. The molecule has 0 aliphatic rings. The highest BCUT2D eigenvalue weighted by Gasteiger charge is 2.19. The second-order valence-electron chi connectivity index (χ2n) is 7.10. The molecule has 0 fully saturated rings. The number of nitrogens with one attached hydrogen (secondary N) is 1. The minimum Gasteiger partial charge on any atom is -0.507 e. The first-order valence-electron chi connectivity index (χ1n) is 10.0. The number of aromatic nitrogens is 2. The number of rotatable bonds is 8. The molecule has 0 unspecified atom stereocenters. The van der Waals surface area contributed by atoms with Crippen LogP contribution < -0.4 is 18.9 Å². The fraction of sp³-hybridized carbons (Fsp3) is 0.160. The van der Waals surface area contributed by atoms with Crippen molar-refractivity contribution < 1.29 is 24.1 Å². The normalized spacial score (nSPS) is 10.6. The molecule has 4 aromatic rings. The van der Waals surface area contributed by atoms with Crippen LogP contribution in [0.15, 0.2) is 66.7 Å². The Morgan fingerprint density at radius 3 is 2.44 bits per heavy atom. The van der Waals surface area contributed by atoms with Gasteiger partial charge in [0.1, 0.15) is 29.5 Å². The first kappa shape index (κ1) is 21.1. The summed E-state index contributed by atoms with van der Waals surface area (Å²) < 4.78 is 22.5. The Kier molecular flexibility index (Phi) is 6.17. The zero-order valence-corrected chi connectivity index (χ0v) is 18.1. The molecule has 0 saturated carbocycles. The number of methoxy groups -OCH3 is 2. The van der Waals surface area contributed by atoms with E-state index >= 15 is 0 Å².